The number of halogens is 2. The summed E-state index contributed by atoms with van der Waals surface area (Å²) in [6, 6.07) is 23.6. The molecule has 0 aromatic heterocycles. The van der Waals surface area contributed by atoms with Crippen molar-refractivity contribution in [1.29, 1.82) is 0 Å². The fourth-order valence-electron chi connectivity index (χ4n) is 5.45. The van der Waals surface area contributed by atoms with Gasteiger partial charge in [-0.3, -0.25) is 9.69 Å². The molecule has 176 valence electrons. The third-order valence-corrected chi connectivity index (χ3v) is 7.09. The van der Waals surface area contributed by atoms with Gasteiger partial charge in [0.15, 0.2) is 6.61 Å². The summed E-state index contributed by atoms with van der Waals surface area (Å²) in [5.41, 5.74) is 1.73. The third kappa shape index (κ3) is 4.82. The molecule has 0 N–H and O–H groups in total. The predicted molar refractivity (Wildman–Crippen MR) is 126 cm³/mol. The normalized spacial score (nSPS) is 22.4. The van der Waals surface area contributed by atoms with Gasteiger partial charge < -0.3 is 9.64 Å². The van der Waals surface area contributed by atoms with Gasteiger partial charge in [-0.15, -0.1) is 0 Å². The number of likely N-dealkylation sites (tertiary alicyclic amines) is 2. The number of amides is 1. The average Bonchev–Trinajstić information content (AvgIpc) is 3.21. The first-order valence-electron chi connectivity index (χ1n) is 11.8. The fraction of sp³-hybridized carbons (Fsp3) is 0.321. The monoisotopic (exact) mass is 462 g/mol. The number of ether oxygens (including phenoxy) is 1. The second-order valence-corrected chi connectivity index (χ2v) is 9.15. The van der Waals surface area contributed by atoms with E-state index in [1.807, 2.05) is 53.4 Å². The Morgan fingerprint density at radius 3 is 2.41 bits per heavy atom. The molecule has 34 heavy (non-hydrogen) atoms. The molecule has 4 nitrogen and oxygen atoms in total. The van der Waals surface area contributed by atoms with E-state index in [-0.39, 0.29) is 30.4 Å². The topological polar surface area (TPSA) is 32.8 Å². The highest BCUT2D eigenvalue weighted by Crippen LogP contribution is 2.43. The van der Waals surface area contributed by atoms with Gasteiger partial charge in [-0.25, -0.2) is 8.78 Å². The molecule has 6 heteroatoms. The number of benzene rings is 3. The molecular formula is C28H28F2N2O2. The SMILES string of the molecule is O=C(COc1ccccc1)N1CC[C@@H]2[C@H](C1)[C@@H](c1ccc(F)cc1F)CN2Cc1ccccc1. The Morgan fingerprint density at radius 2 is 1.68 bits per heavy atom. The maximum atomic E-state index is 14.8. The zero-order chi connectivity index (χ0) is 23.5. The number of piperidine rings is 1. The van der Waals surface area contributed by atoms with Crippen molar-refractivity contribution in [3.63, 3.8) is 0 Å². The number of fused-ring (bicyclic) bond motifs is 1. The van der Waals surface area contributed by atoms with Gasteiger partial charge in [0, 0.05) is 50.1 Å². The number of hydrogen-bond donors (Lipinski definition) is 0. The zero-order valence-electron chi connectivity index (χ0n) is 18.9. The molecule has 0 spiro atoms. The minimum absolute atomic E-state index is 0.0231. The average molecular weight is 463 g/mol. The number of carbonyl (C=O) groups is 1. The van der Waals surface area contributed by atoms with Gasteiger partial charge in [-0.1, -0.05) is 54.6 Å². The molecule has 3 atom stereocenters. The third-order valence-electron chi connectivity index (χ3n) is 7.09. The minimum Gasteiger partial charge on any atom is -0.484 e. The van der Waals surface area contributed by atoms with Gasteiger partial charge in [0.25, 0.3) is 5.91 Å². The van der Waals surface area contributed by atoms with Crippen molar-refractivity contribution in [3.05, 3.63) is 102 Å². The number of rotatable bonds is 6. The highest BCUT2D eigenvalue weighted by molar-refractivity contribution is 5.78. The van der Waals surface area contributed by atoms with Crippen molar-refractivity contribution < 1.29 is 18.3 Å². The van der Waals surface area contributed by atoms with Crippen LogP contribution in [0.25, 0.3) is 0 Å². The first-order chi connectivity index (χ1) is 16.6. The van der Waals surface area contributed by atoms with Gasteiger partial charge in [0.05, 0.1) is 0 Å². The van der Waals surface area contributed by atoms with Crippen LogP contribution in [-0.2, 0) is 11.3 Å². The Balaban J connectivity index is 1.34. The summed E-state index contributed by atoms with van der Waals surface area (Å²) >= 11 is 0. The van der Waals surface area contributed by atoms with E-state index < -0.39 is 11.6 Å². The lowest BCUT2D eigenvalue weighted by atomic mass is 9.81. The molecule has 5 rings (SSSR count). The van der Waals surface area contributed by atoms with E-state index in [1.54, 1.807) is 6.07 Å². The van der Waals surface area contributed by atoms with Crippen LogP contribution in [-0.4, -0.2) is 48.0 Å². The molecule has 2 saturated heterocycles. The molecule has 3 aromatic rings. The number of hydrogen-bond acceptors (Lipinski definition) is 3. The number of nitrogens with zero attached hydrogens (tertiary/aromatic N) is 2. The van der Waals surface area contributed by atoms with Crippen LogP contribution >= 0.6 is 0 Å². The van der Waals surface area contributed by atoms with E-state index in [9.17, 15) is 13.6 Å². The summed E-state index contributed by atoms with van der Waals surface area (Å²) in [6.07, 6.45) is 0.813. The van der Waals surface area contributed by atoms with Crippen molar-refractivity contribution in [2.45, 2.75) is 24.9 Å². The molecule has 0 radical (unpaired) electrons. The first-order valence-corrected chi connectivity index (χ1v) is 11.8. The molecule has 0 saturated carbocycles. The largest absolute Gasteiger partial charge is 0.484 e. The highest BCUT2D eigenvalue weighted by atomic mass is 19.1. The van der Waals surface area contributed by atoms with Gasteiger partial charge in [0.2, 0.25) is 0 Å². The van der Waals surface area contributed by atoms with Crippen LogP contribution in [0.5, 0.6) is 5.75 Å². The number of para-hydroxylation sites is 1. The Hall–Kier alpha value is -3.25. The molecular weight excluding hydrogens is 434 g/mol. The number of carbonyl (C=O) groups excluding carboxylic acids is 1. The second-order valence-electron chi connectivity index (χ2n) is 9.15. The lowest BCUT2D eigenvalue weighted by Gasteiger charge is -2.39. The van der Waals surface area contributed by atoms with Crippen LogP contribution < -0.4 is 4.74 Å². The first kappa shape index (κ1) is 22.5. The molecule has 3 aromatic carbocycles. The fourth-order valence-corrected chi connectivity index (χ4v) is 5.45. The van der Waals surface area contributed by atoms with Crippen LogP contribution in [0.4, 0.5) is 8.78 Å². The van der Waals surface area contributed by atoms with Crippen molar-refractivity contribution >= 4 is 5.91 Å². The summed E-state index contributed by atoms with van der Waals surface area (Å²) < 4.78 is 34.1. The summed E-state index contributed by atoms with van der Waals surface area (Å²) in [7, 11) is 0. The Morgan fingerprint density at radius 1 is 0.941 bits per heavy atom. The van der Waals surface area contributed by atoms with E-state index in [4.69, 9.17) is 4.74 Å². The van der Waals surface area contributed by atoms with Crippen LogP contribution in [0, 0.1) is 17.6 Å². The smallest absolute Gasteiger partial charge is 0.260 e. The molecule has 2 aliphatic heterocycles. The summed E-state index contributed by atoms with van der Waals surface area (Å²) in [5, 5.41) is 0. The maximum Gasteiger partial charge on any atom is 0.260 e. The quantitative estimate of drug-likeness (QED) is 0.525. The molecule has 0 unspecified atom stereocenters. The van der Waals surface area contributed by atoms with E-state index in [1.165, 1.54) is 11.6 Å². The summed E-state index contributed by atoms with van der Waals surface area (Å²) in [5.74, 6) is -0.538. The molecule has 2 heterocycles. The van der Waals surface area contributed by atoms with Crippen LogP contribution in [0.1, 0.15) is 23.5 Å². The van der Waals surface area contributed by atoms with Crippen molar-refractivity contribution in [2.24, 2.45) is 5.92 Å². The standard InChI is InChI=1S/C28H28F2N2O2/c29-21-11-12-23(26(30)15-21)24-17-32(16-20-7-3-1-4-8-20)27-13-14-31(18-25(24)27)28(33)19-34-22-9-5-2-6-10-22/h1-12,15,24-25,27H,13-14,16-19H2/t24-,25-,27-/m1/s1. The lowest BCUT2D eigenvalue weighted by Crippen LogP contribution is -2.49. The van der Waals surface area contributed by atoms with E-state index >= 15 is 0 Å². The summed E-state index contributed by atoms with van der Waals surface area (Å²) in [6.45, 7) is 2.60. The lowest BCUT2D eigenvalue weighted by molar-refractivity contribution is -0.135. The molecule has 0 bridgehead atoms. The Bertz CT molecular complexity index is 1130. The zero-order valence-corrected chi connectivity index (χ0v) is 18.9. The van der Waals surface area contributed by atoms with Crippen LogP contribution in [0.2, 0.25) is 0 Å². The second kappa shape index (κ2) is 9.94. The molecule has 1 amide bonds. The van der Waals surface area contributed by atoms with Crippen molar-refractivity contribution in [3.8, 4) is 5.75 Å². The Labute approximate surface area is 198 Å². The molecule has 0 aliphatic carbocycles. The molecule has 2 fully saturated rings. The van der Waals surface area contributed by atoms with Gasteiger partial charge >= 0.3 is 0 Å². The van der Waals surface area contributed by atoms with Crippen molar-refractivity contribution in [2.75, 3.05) is 26.2 Å². The van der Waals surface area contributed by atoms with Gasteiger partial charge in [-0.2, -0.15) is 0 Å². The summed E-state index contributed by atoms with van der Waals surface area (Å²) in [4.78, 5) is 17.2. The Kier molecular flexibility index (Phi) is 6.59. The van der Waals surface area contributed by atoms with E-state index in [0.29, 0.717) is 30.9 Å². The van der Waals surface area contributed by atoms with Crippen molar-refractivity contribution in [1.82, 2.24) is 9.80 Å². The highest BCUT2D eigenvalue weighted by Gasteiger charge is 2.46. The van der Waals surface area contributed by atoms with Gasteiger partial charge in [0.1, 0.15) is 17.4 Å². The van der Waals surface area contributed by atoms with E-state index in [2.05, 4.69) is 17.0 Å². The van der Waals surface area contributed by atoms with Crippen LogP contribution in [0.15, 0.2) is 78.9 Å². The van der Waals surface area contributed by atoms with Gasteiger partial charge in [-0.05, 0) is 35.7 Å². The maximum absolute atomic E-state index is 14.8. The van der Waals surface area contributed by atoms with E-state index in [0.717, 1.165) is 19.0 Å². The minimum atomic E-state index is -0.574. The predicted octanol–water partition coefficient (Wildman–Crippen LogP) is 4.86. The van der Waals surface area contributed by atoms with Crippen LogP contribution in [0.3, 0.4) is 0 Å². The molecule has 2 aliphatic rings.